The van der Waals surface area contributed by atoms with Gasteiger partial charge in [0.05, 0.1) is 10.5 Å². The van der Waals surface area contributed by atoms with Gasteiger partial charge in [0.2, 0.25) is 10.0 Å². The van der Waals surface area contributed by atoms with Crippen molar-refractivity contribution in [1.29, 1.82) is 0 Å². The summed E-state index contributed by atoms with van der Waals surface area (Å²) in [7, 11) is -3.78. The molecule has 1 saturated carbocycles. The standard InChI is InChI=1S/C21H18F3NO2S/c22-21(23,24)16-6-2-14(3-7-16)18-12-20(10-1-11-20)13-19(18)15-4-8-17(9-5-15)28(25,26)27/h2-9,12-13H,1,10-11H2,(H2,25,26,27). The molecule has 4 rings (SSSR count). The Balaban J connectivity index is 1.74. The van der Waals surface area contributed by atoms with Crippen LogP contribution in [0.4, 0.5) is 13.2 Å². The zero-order valence-electron chi connectivity index (χ0n) is 14.8. The summed E-state index contributed by atoms with van der Waals surface area (Å²) in [6.07, 6.45) is 2.99. The first-order valence-corrected chi connectivity index (χ1v) is 10.4. The smallest absolute Gasteiger partial charge is 0.225 e. The minimum Gasteiger partial charge on any atom is -0.225 e. The van der Waals surface area contributed by atoms with Crippen molar-refractivity contribution in [2.75, 3.05) is 0 Å². The summed E-state index contributed by atoms with van der Waals surface area (Å²) in [5.74, 6) is 0. The Morgan fingerprint density at radius 1 is 0.821 bits per heavy atom. The minimum atomic E-state index is -4.38. The number of allylic oxidation sites excluding steroid dienone is 4. The van der Waals surface area contributed by atoms with Crippen molar-refractivity contribution in [3.63, 3.8) is 0 Å². The van der Waals surface area contributed by atoms with Crippen molar-refractivity contribution in [2.45, 2.75) is 30.3 Å². The monoisotopic (exact) mass is 405 g/mol. The maximum Gasteiger partial charge on any atom is 0.416 e. The minimum absolute atomic E-state index is 0.0215. The average molecular weight is 405 g/mol. The summed E-state index contributed by atoms with van der Waals surface area (Å²) in [5.41, 5.74) is 2.54. The lowest BCUT2D eigenvalue weighted by molar-refractivity contribution is -0.137. The Bertz CT molecular complexity index is 1080. The van der Waals surface area contributed by atoms with E-state index in [1.807, 2.05) is 0 Å². The average Bonchev–Trinajstić information content (AvgIpc) is 3.02. The first-order valence-electron chi connectivity index (χ1n) is 8.84. The summed E-state index contributed by atoms with van der Waals surface area (Å²) < 4.78 is 61.6. The summed E-state index contributed by atoms with van der Waals surface area (Å²) in [6, 6.07) is 11.4. The number of rotatable bonds is 3. The number of sulfonamides is 1. The SMILES string of the molecule is NS(=O)(=O)c1ccc(C2=CC3(C=C2c2ccc(C(F)(F)F)cc2)CCC3)cc1. The summed E-state index contributed by atoms with van der Waals surface area (Å²) in [4.78, 5) is 0.0215. The van der Waals surface area contributed by atoms with Crippen LogP contribution in [0.15, 0.2) is 65.6 Å². The van der Waals surface area contributed by atoms with E-state index in [0.717, 1.165) is 48.1 Å². The highest BCUT2D eigenvalue weighted by atomic mass is 32.2. The molecule has 2 aromatic rings. The van der Waals surface area contributed by atoms with Gasteiger partial charge in [0.15, 0.2) is 0 Å². The van der Waals surface area contributed by atoms with E-state index >= 15 is 0 Å². The highest BCUT2D eigenvalue weighted by Crippen LogP contribution is 2.54. The predicted octanol–water partition coefficient (Wildman–Crippen LogP) is 5.00. The number of benzene rings is 2. The Hall–Kier alpha value is -2.38. The van der Waals surface area contributed by atoms with Crippen LogP contribution in [0.3, 0.4) is 0 Å². The van der Waals surface area contributed by atoms with Gasteiger partial charge in [-0.2, -0.15) is 13.2 Å². The molecule has 2 aliphatic carbocycles. The molecule has 3 nitrogen and oxygen atoms in total. The molecule has 0 unspecified atom stereocenters. The van der Waals surface area contributed by atoms with Gasteiger partial charge in [-0.05, 0) is 59.4 Å². The first kappa shape index (κ1) is 19.0. The second-order valence-corrected chi connectivity index (χ2v) is 8.91. The molecule has 146 valence electrons. The van der Waals surface area contributed by atoms with Crippen LogP contribution >= 0.6 is 0 Å². The van der Waals surface area contributed by atoms with Crippen molar-refractivity contribution in [1.82, 2.24) is 0 Å². The highest BCUT2D eigenvalue weighted by Gasteiger charge is 2.38. The highest BCUT2D eigenvalue weighted by molar-refractivity contribution is 7.89. The lowest BCUT2D eigenvalue weighted by atomic mass is 9.70. The fourth-order valence-corrected chi connectivity index (χ4v) is 4.30. The van der Waals surface area contributed by atoms with Crippen LogP contribution in [0.1, 0.15) is 36.0 Å². The number of primary sulfonamides is 1. The molecule has 0 bridgehead atoms. The van der Waals surface area contributed by atoms with Gasteiger partial charge in [0, 0.05) is 5.41 Å². The quantitative estimate of drug-likeness (QED) is 0.781. The molecule has 0 aromatic heterocycles. The number of hydrogen-bond donors (Lipinski definition) is 1. The fraction of sp³-hybridized carbons (Fsp3) is 0.238. The Morgan fingerprint density at radius 3 is 1.64 bits per heavy atom. The summed E-state index contributed by atoms with van der Waals surface area (Å²) in [6.45, 7) is 0. The maximum absolute atomic E-state index is 12.9. The van der Waals surface area contributed by atoms with Gasteiger partial charge in [-0.15, -0.1) is 0 Å². The third-order valence-corrected chi connectivity index (χ3v) is 6.38. The molecule has 0 radical (unpaired) electrons. The predicted molar refractivity (Wildman–Crippen MR) is 101 cm³/mol. The van der Waals surface area contributed by atoms with E-state index in [4.69, 9.17) is 5.14 Å². The van der Waals surface area contributed by atoms with E-state index in [0.29, 0.717) is 5.56 Å². The van der Waals surface area contributed by atoms with Crippen molar-refractivity contribution in [3.8, 4) is 0 Å². The molecule has 2 N–H and O–H groups in total. The van der Waals surface area contributed by atoms with E-state index in [1.165, 1.54) is 24.3 Å². The number of alkyl halides is 3. The van der Waals surface area contributed by atoms with Crippen LogP contribution in [-0.2, 0) is 16.2 Å². The van der Waals surface area contributed by atoms with Crippen LogP contribution in [0.25, 0.3) is 11.1 Å². The van der Waals surface area contributed by atoms with Crippen LogP contribution in [0.5, 0.6) is 0 Å². The van der Waals surface area contributed by atoms with Crippen LogP contribution in [0, 0.1) is 5.41 Å². The van der Waals surface area contributed by atoms with Gasteiger partial charge in [-0.25, -0.2) is 13.6 Å². The van der Waals surface area contributed by atoms with Crippen LogP contribution in [0.2, 0.25) is 0 Å². The second kappa shape index (κ2) is 6.32. The van der Waals surface area contributed by atoms with Gasteiger partial charge in [0.1, 0.15) is 0 Å². The van der Waals surface area contributed by atoms with Crippen LogP contribution in [-0.4, -0.2) is 8.42 Å². The molecule has 0 saturated heterocycles. The van der Waals surface area contributed by atoms with Crippen LogP contribution < -0.4 is 5.14 Å². The summed E-state index contributed by atoms with van der Waals surface area (Å²) >= 11 is 0. The largest absolute Gasteiger partial charge is 0.416 e. The first-order chi connectivity index (χ1) is 13.1. The van der Waals surface area contributed by atoms with Crippen molar-refractivity contribution in [2.24, 2.45) is 10.6 Å². The Morgan fingerprint density at radius 2 is 1.29 bits per heavy atom. The molecule has 0 aliphatic heterocycles. The van der Waals surface area contributed by atoms with Crippen molar-refractivity contribution < 1.29 is 21.6 Å². The third kappa shape index (κ3) is 3.40. The maximum atomic E-state index is 12.9. The number of halogens is 3. The van der Waals surface area contributed by atoms with Gasteiger partial charge >= 0.3 is 6.18 Å². The Labute approximate surface area is 161 Å². The number of nitrogens with two attached hydrogens (primary N) is 1. The molecule has 7 heteroatoms. The van der Waals surface area contributed by atoms with E-state index in [2.05, 4.69) is 12.2 Å². The zero-order valence-corrected chi connectivity index (χ0v) is 15.6. The van der Waals surface area contributed by atoms with Gasteiger partial charge in [-0.1, -0.05) is 42.8 Å². The molecular weight excluding hydrogens is 387 g/mol. The molecule has 1 spiro atoms. The molecule has 2 aromatic carbocycles. The number of hydrogen-bond acceptors (Lipinski definition) is 2. The molecule has 2 aliphatic rings. The molecule has 1 fully saturated rings. The Kier molecular flexibility index (Phi) is 4.28. The van der Waals surface area contributed by atoms with Crippen molar-refractivity contribution >= 4 is 21.2 Å². The topological polar surface area (TPSA) is 60.2 Å². The lowest BCUT2D eigenvalue weighted by Gasteiger charge is -2.34. The van der Waals surface area contributed by atoms with Gasteiger partial charge < -0.3 is 0 Å². The molecule has 0 heterocycles. The zero-order chi connectivity index (χ0) is 20.2. The van der Waals surface area contributed by atoms with E-state index < -0.39 is 21.8 Å². The van der Waals surface area contributed by atoms with Crippen molar-refractivity contribution in [3.05, 3.63) is 77.4 Å². The second-order valence-electron chi connectivity index (χ2n) is 7.35. The van der Waals surface area contributed by atoms with Gasteiger partial charge in [-0.3, -0.25) is 0 Å². The molecular formula is C21H18F3NO2S. The third-order valence-electron chi connectivity index (χ3n) is 5.46. The van der Waals surface area contributed by atoms with E-state index in [9.17, 15) is 21.6 Å². The van der Waals surface area contributed by atoms with E-state index in [-0.39, 0.29) is 10.3 Å². The normalized spacial score (nSPS) is 18.6. The molecule has 28 heavy (non-hydrogen) atoms. The summed E-state index contributed by atoms with van der Waals surface area (Å²) in [5, 5.41) is 5.16. The van der Waals surface area contributed by atoms with Gasteiger partial charge in [0.25, 0.3) is 0 Å². The molecule has 0 atom stereocenters. The van der Waals surface area contributed by atoms with E-state index in [1.54, 1.807) is 12.1 Å². The molecule has 0 amide bonds. The fourth-order valence-electron chi connectivity index (χ4n) is 3.79. The lowest BCUT2D eigenvalue weighted by Crippen LogP contribution is -2.22.